The molecule has 0 aromatic carbocycles. The van der Waals surface area contributed by atoms with E-state index in [9.17, 15) is 0 Å². The summed E-state index contributed by atoms with van der Waals surface area (Å²) in [5.41, 5.74) is 3.48. The molecule has 3 N–H and O–H groups in total. The summed E-state index contributed by atoms with van der Waals surface area (Å²) in [5.74, 6) is 5.35. The molecule has 0 fully saturated rings. The first-order valence-corrected chi connectivity index (χ1v) is 4.92. The van der Waals surface area contributed by atoms with Crippen LogP contribution in [-0.4, -0.2) is 22.0 Å². The average Bonchev–Trinajstić information content (AvgIpc) is 2.65. The maximum atomic E-state index is 5.35. The van der Waals surface area contributed by atoms with E-state index < -0.39 is 0 Å². The number of nitrogens with zero attached hydrogens (tertiary/aromatic N) is 2. The Morgan fingerprint density at radius 2 is 2.62 bits per heavy atom. The Morgan fingerprint density at radius 3 is 3.15 bits per heavy atom. The maximum Gasteiger partial charge on any atom is 0.0949 e. The van der Waals surface area contributed by atoms with Crippen molar-refractivity contribution in [2.24, 2.45) is 5.84 Å². The number of rotatable bonds is 6. The van der Waals surface area contributed by atoms with Gasteiger partial charge in [-0.15, -0.1) is 0 Å². The van der Waals surface area contributed by atoms with Crippen LogP contribution in [0.1, 0.15) is 25.1 Å². The van der Waals surface area contributed by atoms with Crippen molar-refractivity contribution in [1.82, 2.24) is 14.2 Å². The summed E-state index contributed by atoms with van der Waals surface area (Å²) in [7, 11) is 0. The smallest absolute Gasteiger partial charge is 0.0949 e. The first-order valence-electron chi connectivity index (χ1n) is 4.19. The predicted octanol–water partition coefficient (Wildman–Crippen LogP) is 0.469. The van der Waals surface area contributed by atoms with Crippen LogP contribution in [0.25, 0.3) is 0 Å². The van der Waals surface area contributed by atoms with Gasteiger partial charge in [0.05, 0.1) is 36.3 Å². The monoisotopic (exact) mass is 202 g/mol. The number of nitrogens with two attached hydrogens (primary N) is 1. The molecule has 0 amide bonds. The number of hydrogen-bond acceptors (Lipinski definition) is 6. The molecule has 1 rings (SSSR count). The van der Waals surface area contributed by atoms with Gasteiger partial charge in [-0.25, -0.2) is 5.43 Å². The zero-order chi connectivity index (χ0) is 9.52. The van der Waals surface area contributed by atoms with E-state index >= 15 is 0 Å². The van der Waals surface area contributed by atoms with Gasteiger partial charge in [0.2, 0.25) is 0 Å². The van der Waals surface area contributed by atoms with Crippen molar-refractivity contribution in [3.05, 3.63) is 11.9 Å². The van der Waals surface area contributed by atoms with Crippen molar-refractivity contribution in [2.75, 3.05) is 13.2 Å². The van der Waals surface area contributed by atoms with Gasteiger partial charge in [0.1, 0.15) is 0 Å². The molecule has 0 aliphatic carbocycles. The third kappa shape index (κ3) is 3.35. The highest BCUT2D eigenvalue weighted by molar-refractivity contribution is 6.99. The summed E-state index contributed by atoms with van der Waals surface area (Å²) in [6.45, 7) is 3.35. The van der Waals surface area contributed by atoms with Gasteiger partial charge in [-0.3, -0.25) is 5.84 Å². The lowest BCUT2D eigenvalue weighted by Gasteiger charge is -2.12. The Balaban J connectivity index is 2.35. The van der Waals surface area contributed by atoms with Crippen molar-refractivity contribution in [2.45, 2.75) is 19.4 Å². The highest BCUT2D eigenvalue weighted by Gasteiger charge is 2.11. The molecule has 1 aromatic heterocycles. The summed E-state index contributed by atoms with van der Waals surface area (Å²) in [6.07, 6.45) is 2.71. The maximum absolute atomic E-state index is 5.35. The van der Waals surface area contributed by atoms with Crippen LogP contribution < -0.4 is 11.3 Å². The van der Waals surface area contributed by atoms with Gasteiger partial charge < -0.3 is 4.74 Å². The van der Waals surface area contributed by atoms with Crippen molar-refractivity contribution in [3.8, 4) is 0 Å². The fourth-order valence-electron chi connectivity index (χ4n) is 0.890. The Hall–Kier alpha value is -0.560. The standard InChI is InChI=1S/C7H14N4OS/c1-2-3-12-5-7(10-8)6-4-9-13-11-6/h4,7,10H,2-3,5,8H2,1H3. The van der Waals surface area contributed by atoms with Gasteiger partial charge >= 0.3 is 0 Å². The molecule has 0 radical (unpaired) electrons. The molecule has 74 valence electrons. The second kappa shape index (κ2) is 5.98. The highest BCUT2D eigenvalue weighted by Crippen LogP contribution is 2.09. The highest BCUT2D eigenvalue weighted by atomic mass is 32.1. The molecule has 0 aliphatic heterocycles. The molecule has 0 saturated heterocycles. The predicted molar refractivity (Wildman–Crippen MR) is 51.1 cm³/mol. The average molecular weight is 202 g/mol. The molecule has 1 heterocycles. The summed E-state index contributed by atoms with van der Waals surface area (Å²) < 4.78 is 13.3. The van der Waals surface area contributed by atoms with E-state index in [4.69, 9.17) is 10.6 Å². The van der Waals surface area contributed by atoms with Crippen LogP contribution >= 0.6 is 11.7 Å². The summed E-state index contributed by atoms with van der Waals surface area (Å²) in [5, 5.41) is 0. The Kier molecular flexibility index (Phi) is 4.84. The lowest BCUT2D eigenvalue weighted by atomic mass is 10.2. The first kappa shape index (κ1) is 10.5. The molecule has 0 aliphatic rings. The van der Waals surface area contributed by atoms with Gasteiger partial charge in [0.15, 0.2) is 0 Å². The molecule has 0 saturated carbocycles. The fraction of sp³-hybridized carbons (Fsp3) is 0.714. The van der Waals surface area contributed by atoms with Crippen LogP contribution in [0.3, 0.4) is 0 Å². The molecule has 5 nitrogen and oxygen atoms in total. The minimum absolute atomic E-state index is 0.0506. The van der Waals surface area contributed by atoms with Crippen LogP contribution in [0, 0.1) is 0 Å². The van der Waals surface area contributed by atoms with E-state index in [-0.39, 0.29) is 6.04 Å². The van der Waals surface area contributed by atoms with E-state index in [0.29, 0.717) is 6.61 Å². The SMILES string of the molecule is CCCOCC(NN)c1cnsn1. The second-order valence-corrected chi connectivity index (χ2v) is 3.18. The molecule has 1 unspecified atom stereocenters. The van der Waals surface area contributed by atoms with Gasteiger partial charge in [0.25, 0.3) is 0 Å². The fourth-order valence-corrected chi connectivity index (χ4v) is 1.36. The number of aromatic nitrogens is 2. The summed E-state index contributed by atoms with van der Waals surface area (Å²) >= 11 is 1.17. The number of ether oxygens (including phenoxy) is 1. The summed E-state index contributed by atoms with van der Waals surface area (Å²) in [6, 6.07) is -0.0506. The third-order valence-corrected chi connectivity index (χ3v) is 2.06. The van der Waals surface area contributed by atoms with E-state index in [0.717, 1.165) is 18.7 Å². The number of hydrogen-bond donors (Lipinski definition) is 2. The second-order valence-electron chi connectivity index (χ2n) is 2.63. The third-order valence-electron chi connectivity index (χ3n) is 1.57. The number of nitrogens with one attached hydrogen (secondary N) is 1. The van der Waals surface area contributed by atoms with E-state index in [1.165, 1.54) is 11.7 Å². The minimum Gasteiger partial charge on any atom is -0.379 e. The largest absolute Gasteiger partial charge is 0.379 e. The number of hydrazine groups is 1. The van der Waals surface area contributed by atoms with Crippen LogP contribution in [0.5, 0.6) is 0 Å². The lowest BCUT2D eigenvalue weighted by Crippen LogP contribution is -2.31. The molecule has 6 heteroatoms. The lowest BCUT2D eigenvalue weighted by molar-refractivity contribution is 0.111. The Morgan fingerprint density at radius 1 is 1.77 bits per heavy atom. The van der Waals surface area contributed by atoms with Crippen molar-refractivity contribution in [1.29, 1.82) is 0 Å². The molecule has 0 bridgehead atoms. The topological polar surface area (TPSA) is 73.1 Å². The molecule has 1 atom stereocenters. The quantitative estimate of drug-likeness (QED) is 0.398. The molecule has 13 heavy (non-hydrogen) atoms. The Bertz CT molecular complexity index is 216. The molecule has 1 aromatic rings. The Labute approximate surface area is 81.6 Å². The molecular weight excluding hydrogens is 188 g/mol. The zero-order valence-electron chi connectivity index (χ0n) is 7.56. The van der Waals surface area contributed by atoms with Gasteiger partial charge in [-0.05, 0) is 6.42 Å². The minimum atomic E-state index is -0.0506. The first-order chi connectivity index (χ1) is 6.38. The zero-order valence-corrected chi connectivity index (χ0v) is 8.38. The van der Waals surface area contributed by atoms with E-state index in [2.05, 4.69) is 21.1 Å². The van der Waals surface area contributed by atoms with Gasteiger partial charge in [-0.1, -0.05) is 6.92 Å². The summed E-state index contributed by atoms with van der Waals surface area (Å²) in [4.78, 5) is 0. The van der Waals surface area contributed by atoms with E-state index in [1.807, 2.05) is 0 Å². The van der Waals surface area contributed by atoms with Crippen molar-refractivity contribution < 1.29 is 4.74 Å². The van der Waals surface area contributed by atoms with Crippen LogP contribution in [0.2, 0.25) is 0 Å². The van der Waals surface area contributed by atoms with Crippen molar-refractivity contribution in [3.63, 3.8) is 0 Å². The van der Waals surface area contributed by atoms with Crippen LogP contribution in [-0.2, 0) is 4.74 Å². The molecule has 0 spiro atoms. The normalized spacial score (nSPS) is 13.1. The van der Waals surface area contributed by atoms with Gasteiger partial charge in [-0.2, -0.15) is 8.75 Å². The van der Waals surface area contributed by atoms with Crippen molar-refractivity contribution >= 4 is 11.7 Å². The van der Waals surface area contributed by atoms with Crippen LogP contribution in [0.4, 0.5) is 0 Å². The molecular formula is C7H14N4OS. The van der Waals surface area contributed by atoms with Crippen LogP contribution in [0.15, 0.2) is 6.20 Å². The van der Waals surface area contributed by atoms with E-state index in [1.54, 1.807) is 6.20 Å². The van der Waals surface area contributed by atoms with Gasteiger partial charge in [0, 0.05) is 6.61 Å².